The molecule has 0 bridgehead atoms. The Morgan fingerprint density at radius 2 is 1.38 bits per heavy atom. The van der Waals surface area contributed by atoms with Gasteiger partial charge in [-0.15, -0.1) is 10.2 Å². The van der Waals surface area contributed by atoms with Crippen LogP contribution in [-0.2, 0) is 4.79 Å². The van der Waals surface area contributed by atoms with Crippen molar-refractivity contribution in [3.63, 3.8) is 0 Å². The lowest BCUT2D eigenvalue weighted by Crippen LogP contribution is -2.29. The number of nitrogens with one attached hydrogen (secondary N) is 1. The molecule has 4 aromatic rings. The average Bonchev–Trinajstić information content (AvgIpc) is 2.87. The smallest absolute Gasteiger partial charge is 0.230 e. The maximum Gasteiger partial charge on any atom is 0.230 e. The molecule has 4 rings (SSSR count). The first kappa shape index (κ1) is 21.7. The SMILES string of the molecule is CC(CNC(=O)CSc1nnc(-c2ccccc2)c(-c2ccccc2)n1)c1ccccc1. The molecular weight excluding hydrogens is 416 g/mol. The molecule has 0 aliphatic heterocycles. The van der Waals surface area contributed by atoms with Crippen LogP contribution in [0.2, 0.25) is 0 Å². The molecule has 1 N–H and O–H groups in total. The molecule has 0 saturated heterocycles. The highest BCUT2D eigenvalue weighted by Gasteiger charge is 2.15. The van der Waals surface area contributed by atoms with E-state index in [1.54, 1.807) is 0 Å². The second-order valence-electron chi connectivity index (χ2n) is 7.43. The predicted molar refractivity (Wildman–Crippen MR) is 129 cm³/mol. The molecule has 1 unspecified atom stereocenters. The summed E-state index contributed by atoms with van der Waals surface area (Å²) in [5, 5.41) is 12.2. The minimum Gasteiger partial charge on any atom is -0.355 e. The normalized spacial score (nSPS) is 11.7. The maximum absolute atomic E-state index is 12.4. The third-order valence-electron chi connectivity index (χ3n) is 5.07. The number of carbonyl (C=O) groups is 1. The van der Waals surface area contributed by atoms with E-state index in [0.717, 1.165) is 22.5 Å². The van der Waals surface area contributed by atoms with Crippen LogP contribution < -0.4 is 5.32 Å². The van der Waals surface area contributed by atoms with Gasteiger partial charge in [-0.2, -0.15) is 0 Å². The van der Waals surface area contributed by atoms with Crippen molar-refractivity contribution >= 4 is 17.7 Å². The summed E-state index contributed by atoms with van der Waals surface area (Å²) < 4.78 is 0. The van der Waals surface area contributed by atoms with E-state index in [9.17, 15) is 4.79 Å². The van der Waals surface area contributed by atoms with Gasteiger partial charge in [0.25, 0.3) is 0 Å². The van der Waals surface area contributed by atoms with E-state index in [1.165, 1.54) is 17.3 Å². The molecular formula is C26H24N4OS. The number of hydrogen-bond donors (Lipinski definition) is 1. The van der Waals surface area contributed by atoms with Gasteiger partial charge in [-0.1, -0.05) is 110 Å². The lowest BCUT2D eigenvalue weighted by molar-refractivity contribution is -0.118. The van der Waals surface area contributed by atoms with Gasteiger partial charge in [-0.05, 0) is 11.5 Å². The van der Waals surface area contributed by atoms with E-state index in [0.29, 0.717) is 11.7 Å². The van der Waals surface area contributed by atoms with Gasteiger partial charge in [-0.25, -0.2) is 4.98 Å². The van der Waals surface area contributed by atoms with Gasteiger partial charge in [0.1, 0.15) is 11.4 Å². The van der Waals surface area contributed by atoms with Crippen LogP contribution in [-0.4, -0.2) is 33.4 Å². The summed E-state index contributed by atoms with van der Waals surface area (Å²) in [5.74, 6) is 0.440. The third kappa shape index (κ3) is 5.59. The first-order valence-corrected chi connectivity index (χ1v) is 11.5. The largest absolute Gasteiger partial charge is 0.355 e. The molecule has 0 spiro atoms. The van der Waals surface area contributed by atoms with Gasteiger partial charge >= 0.3 is 0 Å². The quantitative estimate of drug-likeness (QED) is 0.381. The molecule has 0 saturated carbocycles. The van der Waals surface area contributed by atoms with E-state index in [4.69, 9.17) is 4.98 Å². The van der Waals surface area contributed by atoms with Crippen LogP contribution >= 0.6 is 11.8 Å². The third-order valence-corrected chi connectivity index (χ3v) is 5.91. The zero-order valence-electron chi connectivity index (χ0n) is 17.8. The topological polar surface area (TPSA) is 67.8 Å². The van der Waals surface area contributed by atoms with E-state index < -0.39 is 0 Å². The highest BCUT2D eigenvalue weighted by molar-refractivity contribution is 7.99. The zero-order chi connectivity index (χ0) is 22.2. The fraction of sp³-hybridized carbons (Fsp3) is 0.154. The molecule has 1 aromatic heterocycles. The van der Waals surface area contributed by atoms with Crippen molar-refractivity contribution in [2.75, 3.05) is 12.3 Å². The molecule has 0 aliphatic carbocycles. The van der Waals surface area contributed by atoms with Gasteiger partial charge < -0.3 is 5.32 Å². The number of aromatic nitrogens is 3. The highest BCUT2D eigenvalue weighted by atomic mass is 32.2. The summed E-state index contributed by atoms with van der Waals surface area (Å²) in [6, 6.07) is 30.0. The number of hydrogen-bond acceptors (Lipinski definition) is 5. The summed E-state index contributed by atoms with van der Waals surface area (Å²) in [6.07, 6.45) is 0. The Hall–Kier alpha value is -3.51. The number of rotatable bonds is 8. The molecule has 3 aromatic carbocycles. The van der Waals surface area contributed by atoms with Crippen molar-refractivity contribution < 1.29 is 4.79 Å². The fourth-order valence-electron chi connectivity index (χ4n) is 3.31. The van der Waals surface area contributed by atoms with E-state index in [1.807, 2.05) is 78.9 Å². The average molecular weight is 441 g/mol. The Bertz CT molecular complexity index is 1150. The summed E-state index contributed by atoms with van der Waals surface area (Å²) in [6.45, 7) is 2.69. The minimum atomic E-state index is -0.0465. The first-order valence-electron chi connectivity index (χ1n) is 10.5. The number of amides is 1. The molecule has 0 fully saturated rings. The summed E-state index contributed by atoms with van der Waals surface area (Å²) in [7, 11) is 0. The van der Waals surface area contributed by atoms with Crippen LogP contribution in [0.1, 0.15) is 18.4 Å². The molecule has 0 radical (unpaired) electrons. The molecule has 160 valence electrons. The van der Waals surface area contributed by atoms with Crippen molar-refractivity contribution in [3.05, 3.63) is 96.6 Å². The standard InChI is InChI=1S/C26H24N4OS/c1-19(20-11-5-2-6-12-20)17-27-23(31)18-32-26-28-24(21-13-7-3-8-14-21)25(29-30-26)22-15-9-4-10-16-22/h2-16,19H,17-18H2,1H3,(H,27,31). The molecule has 1 amide bonds. The van der Waals surface area contributed by atoms with Crippen molar-refractivity contribution in [2.45, 2.75) is 18.0 Å². The predicted octanol–water partition coefficient (Wildman–Crippen LogP) is 5.22. The fourth-order valence-corrected chi connectivity index (χ4v) is 3.92. The minimum absolute atomic E-state index is 0.0465. The van der Waals surface area contributed by atoms with E-state index in [-0.39, 0.29) is 17.6 Å². The second-order valence-corrected chi connectivity index (χ2v) is 8.37. The van der Waals surface area contributed by atoms with Gasteiger partial charge in [0.2, 0.25) is 11.1 Å². The Balaban J connectivity index is 1.44. The summed E-state index contributed by atoms with van der Waals surface area (Å²) in [4.78, 5) is 17.1. The van der Waals surface area contributed by atoms with Crippen LogP contribution in [0.5, 0.6) is 0 Å². The second kappa shape index (κ2) is 10.7. The zero-order valence-corrected chi connectivity index (χ0v) is 18.6. The van der Waals surface area contributed by atoms with Crippen molar-refractivity contribution in [3.8, 4) is 22.5 Å². The molecule has 32 heavy (non-hydrogen) atoms. The van der Waals surface area contributed by atoms with Crippen LogP contribution in [0.3, 0.4) is 0 Å². The van der Waals surface area contributed by atoms with Crippen molar-refractivity contribution in [1.82, 2.24) is 20.5 Å². The van der Waals surface area contributed by atoms with Crippen molar-refractivity contribution in [2.24, 2.45) is 0 Å². The number of thioether (sulfide) groups is 1. The van der Waals surface area contributed by atoms with Crippen LogP contribution in [0.4, 0.5) is 0 Å². The molecule has 6 heteroatoms. The lowest BCUT2D eigenvalue weighted by Gasteiger charge is -2.13. The van der Waals surface area contributed by atoms with Gasteiger partial charge in [0, 0.05) is 17.7 Å². The van der Waals surface area contributed by atoms with Crippen LogP contribution in [0, 0.1) is 0 Å². The lowest BCUT2D eigenvalue weighted by atomic mass is 10.0. The van der Waals surface area contributed by atoms with Crippen LogP contribution in [0.25, 0.3) is 22.5 Å². The maximum atomic E-state index is 12.4. The molecule has 0 aliphatic rings. The summed E-state index contributed by atoms with van der Waals surface area (Å²) in [5.41, 5.74) is 4.60. The Labute approximate surface area is 192 Å². The Morgan fingerprint density at radius 3 is 2.00 bits per heavy atom. The molecule has 1 atom stereocenters. The van der Waals surface area contributed by atoms with Gasteiger partial charge in [-0.3, -0.25) is 4.79 Å². The van der Waals surface area contributed by atoms with E-state index >= 15 is 0 Å². The van der Waals surface area contributed by atoms with Crippen molar-refractivity contribution in [1.29, 1.82) is 0 Å². The summed E-state index contributed by atoms with van der Waals surface area (Å²) >= 11 is 1.29. The first-order chi connectivity index (χ1) is 15.7. The monoisotopic (exact) mass is 440 g/mol. The van der Waals surface area contributed by atoms with E-state index in [2.05, 4.69) is 34.6 Å². The number of nitrogens with zero attached hydrogens (tertiary/aromatic N) is 3. The Kier molecular flexibility index (Phi) is 7.25. The highest BCUT2D eigenvalue weighted by Crippen LogP contribution is 2.29. The number of benzene rings is 3. The van der Waals surface area contributed by atoms with Gasteiger partial charge in [0.15, 0.2) is 0 Å². The Morgan fingerprint density at radius 1 is 0.812 bits per heavy atom. The molecule has 1 heterocycles. The molecule has 5 nitrogen and oxygen atoms in total. The van der Waals surface area contributed by atoms with Gasteiger partial charge in [0.05, 0.1) is 5.75 Å². The van der Waals surface area contributed by atoms with Crippen LogP contribution in [0.15, 0.2) is 96.2 Å². The number of carbonyl (C=O) groups excluding carboxylic acids is 1.